The number of aromatic nitrogens is 1. The Balaban J connectivity index is 1.56. The molecule has 1 heterocycles. The molecular weight excluding hydrogens is 622 g/mol. The summed E-state index contributed by atoms with van der Waals surface area (Å²) in [6.45, 7) is 4.75. The standard InChI is InChI=1S/C30H30BrN5O5S/c1-20-17-23(21(2)36(20)29-8-6-5-7-28(29)31)18-32-34-30(38)19-35(25-11-13-26(41-4)14-12-25)42(39,40)27-15-9-24(10-16-27)33-22(3)37/h5-18H,19H2,1-4H3,(H,33,37)(H,34,38)/b32-18-. The van der Waals surface area contributed by atoms with E-state index < -0.39 is 22.5 Å². The predicted molar refractivity (Wildman–Crippen MR) is 167 cm³/mol. The highest BCUT2D eigenvalue weighted by molar-refractivity contribution is 9.10. The molecule has 0 radical (unpaired) electrons. The van der Waals surface area contributed by atoms with Gasteiger partial charge in [-0.15, -0.1) is 0 Å². The normalized spacial score (nSPS) is 11.4. The van der Waals surface area contributed by atoms with Crippen LogP contribution in [0.15, 0.2) is 93.3 Å². The van der Waals surface area contributed by atoms with Crippen molar-refractivity contribution >= 4 is 55.4 Å². The van der Waals surface area contributed by atoms with Crippen LogP contribution in [0.25, 0.3) is 5.69 Å². The van der Waals surface area contributed by atoms with E-state index in [2.05, 4.69) is 36.3 Å². The van der Waals surface area contributed by atoms with Crippen LogP contribution in [0.1, 0.15) is 23.9 Å². The number of nitrogens with zero attached hydrogens (tertiary/aromatic N) is 3. The molecule has 0 atom stereocenters. The number of methoxy groups -OCH3 is 1. The molecule has 1 aromatic heterocycles. The van der Waals surface area contributed by atoms with E-state index >= 15 is 0 Å². The second-order valence-corrected chi connectivity index (χ2v) is 12.0. The monoisotopic (exact) mass is 651 g/mol. The van der Waals surface area contributed by atoms with E-state index in [1.807, 2.05) is 44.2 Å². The summed E-state index contributed by atoms with van der Waals surface area (Å²) in [7, 11) is -2.67. The molecule has 2 amide bonds. The summed E-state index contributed by atoms with van der Waals surface area (Å²) in [5, 5.41) is 6.71. The molecule has 0 bridgehead atoms. The average Bonchev–Trinajstić information content (AvgIpc) is 3.24. The Morgan fingerprint density at radius 1 is 1.02 bits per heavy atom. The van der Waals surface area contributed by atoms with Gasteiger partial charge in [-0.25, -0.2) is 13.8 Å². The van der Waals surface area contributed by atoms with Gasteiger partial charge < -0.3 is 14.6 Å². The number of para-hydroxylation sites is 1. The molecule has 0 fully saturated rings. The van der Waals surface area contributed by atoms with E-state index in [0.717, 1.165) is 31.4 Å². The maximum atomic E-state index is 13.7. The van der Waals surface area contributed by atoms with Gasteiger partial charge in [0.25, 0.3) is 15.9 Å². The molecule has 4 aromatic rings. The van der Waals surface area contributed by atoms with Crippen molar-refractivity contribution in [2.45, 2.75) is 25.7 Å². The number of carbonyl (C=O) groups excluding carboxylic acids is 2. The predicted octanol–water partition coefficient (Wildman–Crippen LogP) is 5.17. The molecule has 0 aliphatic carbocycles. The van der Waals surface area contributed by atoms with Crippen LogP contribution >= 0.6 is 15.9 Å². The molecule has 0 saturated carbocycles. The smallest absolute Gasteiger partial charge is 0.264 e. The van der Waals surface area contributed by atoms with Crippen molar-refractivity contribution in [3.8, 4) is 11.4 Å². The molecule has 218 valence electrons. The van der Waals surface area contributed by atoms with Crippen molar-refractivity contribution in [3.05, 3.63) is 100 Å². The fourth-order valence-electron chi connectivity index (χ4n) is 4.37. The molecule has 0 aliphatic rings. The first kappa shape index (κ1) is 30.5. The van der Waals surface area contributed by atoms with Gasteiger partial charge in [-0.3, -0.25) is 13.9 Å². The number of hydrogen-bond donors (Lipinski definition) is 2. The largest absolute Gasteiger partial charge is 0.497 e. The number of amides is 2. The summed E-state index contributed by atoms with van der Waals surface area (Å²) in [5.41, 5.74) is 6.83. The van der Waals surface area contributed by atoms with Gasteiger partial charge in [0.05, 0.1) is 29.6 Å². The number of rotatable bonds is 10. The Hall–Kier alpha value is -4.42. The Kier molecular flexibility index (Phi) is 9.48. The molecule has 3 aromatic carbocycles. The summed E-state index contributed by atoms with van der Waals surface area (Å²) < 4.78 is 36.6. The average molecular weight is 653 g/mol. The van der Waals surface area contributed by atoms with Crippen molar-refractivity contribution in [3.63, 3.8) is 0 Å². The second kappa shape index (κ2) is 13.0. The highest BCUT2D eigenvalue weighted by atomic mass is 79.9. The lowest BCUT2D eigenvalue weighted by Crippen LogP contribution is -2.39. The number of sulfonamides is 1. The fourth-order valence-corrected chi connectivity index (χ4v) is 6.25. The second-order valence-electron chi connectivity index (χ2n) is 9.32. The van der Waals surface area contributed by atoms with Gasteiger partial charge in [-0.1, -0.05) is 12.1 Å². The van der Waals surface area contributed by atoms with E-state index in [1.165, 1.54) is 44.5 Å². The summed E-state index contributed by atoms with van der Waals surface area (Å²) >= 11 is 3.59. The Morgan fingerprint density at radius 2 is 1.69 bits per heavy atom. The number of halogens is 1. The van der Waals surface area contributed by atoms with Crippen LogP contribution in [0.3, 0.4) is 0 Å². The number of nitrogens with one attached hydrogen (secondary N) is 2. The summed E-state index contributed by atoms with van der Waals surface area (Å²) in [6, 6.07) is 21.8. The molecule has 0 unspecified atom stereocenters. The molecule has 0 saturated heterocycles. The van der Waals surface area contributed by atoms with Crippen LogP contribution in [-0.4, -0.2) is 44.7 Å². The van der Waals surface area contributed by atoms with Crippen molar-refractivity contribution < 1.29 is 22.7 Å². The van der Waals surface area contributed by atoms with Gasteiger partial charge in [0.2, 0.25) is 5.91 Å². The maximum absolute atomic E-state index is 13.7. The lowest BCUT2D eigenvalue weighted by atomic mass is 10.2. The minimum atomic E-state index is -4.18. The van der Waals surface area contributed by atoms with Crippen LogP contribution in [0.4, 0.5) is 11.4 Å². The Bertz CT molecular complexity index is 1730. The van der Waals surface area contributed by atoms with E-state index in [4.69, 9.17) is 4.74 Å². The first-order valence-electron chi connectivity index (χ1n) is 12.8. The molecule has 10 nitrogen and oxygen atoms in total. The van der Waals surface area contributed by atoms with Crippen LogP contribution in [-0.2, 0) is 19.6 Å². The van der Waals surface area contributed by atoms with Gasteiger partial charge in [-0.05, 0) is 96.5 Å². The van der Waals surface area contributed by atoms with Gasteiger partial charge in [-0.2, -0.15) is 5.10 Å². The van der Waals surface area contributed by atoms with Crippen LogP contribution < -0.4 is 19.8 Å². The minimum absolute atomic E-state index is 0.0526. The molecule has 12 heteroatoms. The quantitative estimate of drug-likeness (QED) is 0.181. The van der Waals surface area contributed by atoms with E-state index in [1.54, 1.807) is 24.3 Å². The number of carbonyl (C=O) groups is 2. The Morgan fingerprint density at radius 3 is 2.31 bits per heavy atom. The van der Waals surface area contributed by atoms with Gasteiger partial charge in [0, 0.05) is 34.0 Å². The molecule has 2 N–H and O–H groups in total. The first-order valence-corrected chi connectivity index (χ1v) is 15.0. The maximum Gasteiger partial charge on any atom is 0.264 e. The van der Waals surface area contributed by atoms with E-state index in [-0.39, 0.29) is 16.5 Å². The number of benzene rings is 3. The van der Waals surface area contributed by atoms with E-state index in [0.29, 0.717) is 11.4 Å². The third-order valence-electron chi connectivity index (χ3n) is 6.37. The number of hydrogen-bond acceptors (Lipinski definition) is 6. The minimum Gasteiger partial charge on any atom is -0.497 e. The first-order chi connectivity index (χ1) is 20.0. The summed E-state index contributed by atoms with van der Waals surface area (Å²) in [5.74, 6) is -0.386. The molecular formula is C30H30BrN5O5S. The SMILES string of the molecule is COc1ccc(N(CC(=O)N/N=C\c2cc(C)n(-c3ccccc3Br)c2C)S(=O)(=O)c2ccc(NC(C)=O)cc2)cc1. The van der Waals surface area contributed by atoms with Gasteiger partial charge in [0.15, 0.2) is 0 Å². The van der Waals surface area contributed by atoms with Crippen molar-refractivity contribution in [2.75, 3.05) is 23.3 Å². The highest BCUT2D eigenvalue weighted by Gasteiger charge is 2.27. The third-order valence-corrected chi connectivity index (χ3v) is 8.83. The van der Waals surface area contributed by atoms with Crippen LogP contribution in [0.5, 0.6) is 5.75 Å². The summed E-state index contributed by atoms with van der Waals surface area (Å²) in [4.78, 5) is 24.3. The van der Waals surface area contributed by atoms with E-state index in [9.17, 15) is 18.0 Å². The number of aryl methyl sites for hydroxylation is 1. The highest BCUT2D eigenvalue weighted by Crippen LogP contribution is 2.27. The van der Waals surface area contributed by atoms with Crippen molar-refractivity contribution in [2.24, 2.45) is 5.10 Å². The topological polar surface area (TPSA) is 122 Å². The van der Waals surface area contributed by atoms with Gasteiger partial charge in [0.1, 0.15) is 12.3 Å². The third kappa shape index (κ3) is 6.89. The van der Waals surface area contributed by atoms with Gasteiger partial charge >= 0.3 is 0 Å². The number of anilines is 2. The molecule has 0 spiro atoms. The zero-order valence-electron chi connectivity index (χ0n) is 23.5. The lowest BCUT2D eigenvalue weighted by Gasteiger charge is -2.24. The zero-order chi connectivity index (χ0) is 30.4. The van der Waals surface area contributed by atoms with Crippen LogP contribution in [0, 0.1) is 13.8 Å². The number of hydrazone groups is 1. The Labute approximate surface area is 253 Å². The van der Waals surface area contributed by atoms with Crippen molar-refractivity contribution in [1.29, 1.82) is 0 Å². The molecule has 4 rings (SSSR count). The summed E-state index contributed by atoms with van der Waals surface area (Å²) in [6.07, 6.45) is 1.53. The van der Waals surface area contributed by atoms with Crippen molar-refractivity contribution in [1.82, 2.24) is 9.99 Å². The lowest BCUT2D eigenvalue weighted by molar-refractivity contribution is -0.119. The molecule has 0 aliphatic heterocycles. The zero-order valence-corrected chi connectivity index (χ0v) is 25.9. The fraction of sp³-hybridized carbons (Fsp3) is 0.167. The number of ether oxygens (including phenoxy) is 1. The van der Waals surface area contributed by atoms with Crippen LogP contribution in [0.2, 0.25) is 0 Å². The molecule has 42 heavy (non-hydrogen) atoms.